The van der Waals surface area contributed by atoms with Crippen LogP contribution in [0.2, 0.25) is 0 Å². The molecule has 1 aliphatic rings. The zero-order valence-electron chi connectivity index (χ0n) is 13.3. The Morgan fingerprint density at radius 3 is 2.29 bits per heavy atom. The molecule has 2 rings (SSSR count). The summed E-state index contributed by atoms with van der Waals surface area (Å²) in [6.45, 7) is 7.20. The number of nitriles is 1. The molecule has 1 heterocycles. The number of nitrogens with one attached hydrogen (secondary N) is 1. The fraction of sp³-hybridized carbons (Fsp3) is 0.611. The van der Waals surface area contributed by atoms with Crippen molar-refractivity contribution in [3.8, 4) is 6.07 Å². The Morgan fingerprint density at radius 1 is 1.14 bits per heavy atom. The molecule has 1 fully saturated rings. The van der Waals surface area contributed by atoms with Gasteiger partial charge in [0.05, 0.1) is 6.07 Å². The maximum absolute atomic E-state index is 9.94. The minimum atomic E-state index is -0.611. The summed E-state index contributed by atoms with van der Waals surface area (Å²) in [6.07, 6.45) is 5.13. The second-order valence-corrected chi connectivity index (χ2v) is 6.37. The first-order valence-corrected chi connectivity index (χ1v) is 8.13. The molecule has 0 aliphatic carbocycles. The van der Waals surface area contributed by atoms with Gasteiger partial charge in [0.25, 0.3) is 0 Å². The van der Waals surface area contributed by atoms with Crippen molar-refractivity contribution < 1.29 is 0 Å². The van der Waals surface area contributed by atoms with Gasteiger partial charge in [-0.15, -0.1) is 0 Å². The number of hydrogen-bond acceptors (Lipinski definition) is 3. The van der Waals surface area contributed by atoms with Crippen LogP contribution in [0.1, 0.15) is 45.1 Å². The van der Waals surface area contributed by atoms with E-state index in [1.165, 1.54) is 25.7 Å². The van der Waals surface area contributed by atoms with Gasteiger partial charge in [-0.25, -0.2) is 0 Å². The molecule has 1 saturated heterocycles. The van der Waals surface area contributed by atoms with Crippen molar-refractivity contribution in [2.24, 2.45) is 0 Å². The van der Waals surface area contributed by atoms with Crippen molar-refractivity contribution >= 4 is 0 Å². The standard InChI is InChI=1S/C18H27N3/c1-16(2)20-18(14-19,17-10-6-5-7-11-17)15-21-12-8-3-4-9-13-21/h5-7,10-11,16,20H,3-4,8-9,12-13,15H2,1-2H3. The highest BCUT2D eigenvalue weighted by molar-refractivity contribution is 5.32. The van der Waals surface area contributed by atoms with Crippen molar-refractivity contribution in [1.82, 2.24) is 10.2 Å². The lowest BCUT2D eigenvalue weighted by Crippen LogP contribution is -2.52. The lowest BCUT2D eigenvalue weighted by Gasteiger charge is -2.35. The quantitative estimate of drug-likeness (QED) is 0.902. The molecular formula is C18H27N3. The predicted octanol–water partition coefficient (Wildman–Crippen LogP) is 3.28. The maximum atomic E-state index is 9.94. The fourth-order valence-corrected chi connectivity index (χ4v) is 3.20. The molecule has 1 unspecified atom stereocenters. The van der Waals surface area contributed by atoms with Crippen molar-refractivity contribution in [2.45, 2.75) is 51.1 Å². The number of hydrogen-bond donors (Lipinski definition) is 1. The van der Waals surface area contributed by atoms with Crippen molar-refractivity contribution in [2.75, 3.05) is 19.6 Å². The van der Waals surface area contributed by atoms with E-state index < -0.39 is 5.54 Å². The molecule has 3 nitrogen and oxygen atoms in total. The highest BCUT2D eigenvalue weighted by atomic mass is 15.2. The van der Waals surface area contributed by atoms with Crippen molar-refractivity contribution in [3.63, 3.8) is 0 Å². The predicted molar refractivity (Wildman–Crippen MR) is 86.9 cm³/mol. The summed E-state index contributed by atoms with van der Waals surface area (Å²) in [5.74, 6) is 0. The summed E-state index contributed by atoms with van der Waals surface area (Å²) in [7, 11) is 0. The highest BCUT2D eigenvalue weighted by Gasteiger charge is 2.34. The van der Waals surface area contributed by atoms with Gasteiger partial charge in [-0.3, -0.25) is 5.32 Å². The van der Waals surface area contributed by atoms with E-state index in [4.69, 9.17) is 0 Å². The van der Waals surface area contributed by atoms with E-state index in [-0.39, 0.29) is 6.04 Å². The van der Waals surface area contributed by atoms with Crippen LogP contribution in [0.25, 0.3) is 0 Å². The first kappa shape index (κ1) is 16.0. The Kier molecular flexibility index (Phi) is 5.78. The van der Waals surface area contributed by atoms with Gasteiger partial charge in [-0.1, -0.05) is 43.2 Å². The monoisotopic (exact) mass is 285 g/mol. The van der Waals surface area contributed by atoms with Crippen LogP contribution < -0.4 is 5.32 Å². The van der Waals surface area contributed by atoms with E-state index in [0.717, 1.165) is 25.2 Å². The second-order valence-electron chi connectivity index (χ2n) is 6.37. The molecule has 0 radical (unpaired) electrons. The number of likely N-dealkylation sites (tertiary alicyclic amines) is 1. The van der Waals surface area contributed by atoms with Crippen LogP contribution in [0, 0.1) is 11.3 Å². The van der Waals surface area contributed by atoms with E-state index >= 15 is 0 Å². The summed E-state index contributed by atoms with van der Waals surface area (Å²) in [5.41, 5.74) is 0.463. The van der Waals surface area contributed by atoms with Gasteiger partial charge in [-0.2, -0.15) is 5.26 Å². The topological polar surface area (TPSA) is 39.1 Å². The molecule has 1 N–H and O–H groups in total. The average Bonchev–Trinajstić information content (AvgIpc) is 2.75. The Labute approximate surface area is 129 Å². The third-order valence-corrected chi connectivity index (χ3v) is 4.15. The lowest BCUT2D eigenvalue weighted by molar-refractivity contribution is 0.210. The Balaban J connectivity index is 2.24. The molecule has 1 aromatic carbocycles. The van der Waals surface area contributed by atoms with Gasteiger partial charge < -0.3 is 4.90 Å². The molecule has 21 heavy (non-hydrogen) atoms. The van der Waals surface area contributed by atoms with Crippen molar-refractivity contribution in [1.29, 1.82) is 5.26 Å². The molecule has 1 aromatic rings. The molecular weight excluding hydrogens is 258 g/mol. The Bertz CT molecular complexity index is 455. The van der Waals surface area contributed by atoms with E-state index in [1.54, 1.807) is 0 Å². The van der Waals surface area contributed by atoms with E-state index in [1.807, 2.05) is 18.2 Å². The maximum Gasteiger partial charge on any atom is 0.145 e. The zero-order valence-corrected chi connectivity index (χ0v) is 13.3. The first-order valence-electron chi connectivity index (χ1n) is 8.13. The van der Waals surface area contributed by atoms with Crippen LogP contribution >= 0.6 is 0 Å². The average molecular weight is 285 g/mol. The summed E-state index contributed by atoms with van der Waals surface area (Å²) >= 11 is 0. The smallest absolute Gasteiger partial charge is 0.145 e. The molecule has 0 aromatic heterocycles. The highest BCUT2D eigenvalue weighted by Crippen LogP contribution is 2.24. The van der Waals surface area contributed by atoms with Gasteiger partial charge in [0.2, 0.25) is 0 Å². The number of rotatable bonds is 5. The summed E-state index contributed by atoms with van der Waals surface area (Å²) in [5, 5.41) is 13.5. The third-order valence-electron chi connectivity index (χ3n) is 4.15. The zero-order chi connectivity index (χ0) is 15.1. The van der Waals surface area contributed by atoms with Crippen LogP contribution in [-0.4, -0.2) is 30.6 Å². The van der Waals surface area contributed by atoms with E-state index in [9.17, 15) is 5.26 Å². The molecule has 0 spiro atoms. The van der Waals surface area contributed by atoms with Crippen molar-refractivity contribution in [3.05, 3.63) is 35.9 Å². The minimum Gasteiger partial charge on any atom is -0.300 e. The molecule has 1 aliphatic heterocycles. The van der Waals surface area contributed by atoms with Crippen LogP contribution in [0.4, 0.5) is 0 Å². The van der Waals surface area contributed by atoms with Gasteiger partial charge in [0.1, 0.15) is 5.54 Å². The molecule has 0 amide bonds. The lowest BCUT2D eigenvalue weighted by atomic mass is 9.89. The molecule has 0 bridgehead atoms. The number of nitrogens with zero attached hydrogens (tertiary/aromatic N) is 2. The molecule has 114 valence electrons. The van der Waals surface area contributed by atoms with E-state index in [0.29, 0.717) is 0 Å². The largest absolute Gasteiger partial charge is 0.300 e. The second kappa shape index (κ2) is 7.59. The molecule has 1 atom stereocenters. The minimum absolute atomic E-state index is 0.275. The van der Waals surface area contributed by atoms with Crippen LogP contribution in [0.15, 0.2) is 30.3 Å². The third kappa shape index (κ3) is 4.30. The van der Waals surface area contributed by atoms with E-state index in [2.05, 4.69) is 42.3 Å². The van der Waals surface area contributed by atoms with Gasteiger partial charge in [-0.05, 0) is 45.3 Å². The van der Waals surface area contributed by atoms with Crippen LogP contribution in [0.5, 0.6) is 0 Å². The van der Waals surface area contributed by atoms with Crippen LogP contribution in [-0.2, 0) is 5.54 Å². The summed E-state index contributed by atoms with van der Waals surface area (Å²) in [6, 6.07) is 13.0. The Hall–Kier alpha value is -1.37. The van der Waals surface area contributed by atoms with Gasteiger partial charge in [0, 0.05) is 12.6 Å². The fourth-order valence-electron chi connectivity index (χ4n) is 3.20. The van der Waals surface area contributed by atoms with Gasteiger partial charge in [0.15, 0.2) is 0 Å². The normalized spacial score (nSPS) is 19.7. The summed E-state index contributed by atoms with van der Waals surface area (Å²) in [4.78, 5) is 2.46. The van der Waals surface area contributed by atoms with Gasteiger partial charge >= 0.3 is 0 Å². The Morgan fingerprint density at radius 2 is 1.76 bits per heavy atom. The number of benzene rings is 1. The molecule has 0 saturated carbocycles. The SMILES string of the molecule is CC(C)NC(C#N)(CN1CCCCCC1)c1ccccc1. The summed E-state index contributed by atoms with van der Waals surface area (Å²) < 4.78 is 0. The first-order chi connectivity index (χ1) is 10.2. The van der Waals surface area contributed by atoms with Crippen LogP contribution in [0.3, 0.4) is 0 Å². The molecule has 3 heteroatoms.